The molecule has 0 fully saturated rings. The predicted octanol–water partition coefficient (Wildman–Crippen LogP) is 4.57. The summed E-state index contributed by atoms with van der Waals surface area (Å²) in [5.41, 5.74) is 2.59. The SMILES string of the molecule is C[C@@H](NC(=O)c1ccc(CCl)cc1)c1cccc(Cl)c1. The van der Waals surface area contributed by atoms with Gasteiger partial charge in [0.1, 0.15) is 0 Å². The van der Waals surface area contributed by atoms with E-state index in [1.54, 1.807) is 12.1 Å². The maximum atomic E-state index is 12.1. The quantitative estimate of drug-likeness (QED) is 0.824. The van der Waals surface area contributed by atoms with Gasteiger partial charge >= 0.3 is 0 Å². The molecule has 1 amide bonds. The Morgan fingerprint density at radius 2 is 1.90 bits per heavy atom. The number of rotatable bonds is 4. The van der Waals surface area contributed by atoms with E-state index in [1.165, 1.54) is 0 Å². The van der Waals surface area contributed by atoms with Crippen molar-refractivity contribution in [3.8, 4) is 0 Å². The molecule has 104 valence electrons. The Kier molecular flexibility index (Phi) is 5.05. The lowest BCUT2D eigenvalue weighted by molar-refractivity contribution is 0.0940. The van der Waals surface area contributed by atoms with Gasteiger partial charge < -0.3 is 5.32 Å². The molecule has 1 N–H and O–H groups in total. The van der Waals surface area contributed by atoms with Crippen LogP contribution in [0.5, 0.6) is 0 Å². The Hall–Kier alpha value is -1.51. The average Bonchev–Trinajstić information content (AvgIpc) is 2.47. The second kappa shape index (κ2) is 6.78. The first kappa shape index (κ1) is 14.9. The minimum Gasteiger partial charge on any atom is -0.346 e. The molecule has 0 heterocycles. The number of hydrogen-bond acceptors (Lipinski definition) is 1. The van der Waals surface area contributed by atoms with Gasteiger partial charge in [-0.3, -0.25) is 4.79 Å². The first-order valence-electron chi connectivity index (χ1n) is 6.31. The van der Waals surface area contributed by atoms with Crippen LogP contribution in [0.15, 0.2) is 48.5 Å². The summed E-state index contributed by atoms with van der Waals surface area (Å²) in [4.78, 5) is 12.1. The molecule has 0 aliphatic rings. The first-order chi connectivity index (χ1) is 9.60. The van der Waals surface area contributed by atoms with Crippen molar-refractivity contribution in [3.63, 3.8) is 0 Å². The highest BCUT2D eigenvalue weighted by molar-refractivity contribution is 6.30. The van der Waals surface area contributed by atoms with Gasteiger partial charge in [-0.1, -0.05) is 35.9 Å². The normalized spacial score (nSPS) is 11.9. The number of hydrogen-bond donors (Lipinski definition) is 1. The third kappa shape index (κ3) is 3.75. The molecule has 4 heteroatoms. The molecule has 0 aliphatic heterocycles. The van der Waals surface area contributed by atoms with E-state index in [0.717, 1.165) is 11.1 Å². The highest BCUT2D eigenvalue weighted by Crippen LogP contribution is 2.18. The smallest absolute Gasteiger partial charge is 0.251 e. The van der Waals surface area contributed by atoms with Crippen LogP contribution in [0.25, 0.3) is 0 Å². The van der Waals surface area contributed by atoms with Gasteiger partial charge in [-0.2, -0.15) is 0 Å². The van der Waals surface area contributed by atoms with Crippen molar-refractivity contribution in [3.05, 3.63) is 70.2 Å². The van der Waals surface area contributed by atoms with E-state index < -0.39 is 0 Å². The van der Waals surface area contributed by atoms with Crippen LogP contribution in [0.3, 0.4) is 0 Å². The summed E-state index contributed by atoms with van der Waals surface area (Å²) in [6, 6.07) is 14.6. The minimum atomic E-state index is -0.112. The van der Waals surface area contributed by atoms with Crippen molar-refractivity contribution >= 4 is 29.1 Å². The van der Waals surface area contributed by atoms with E-state index in [0.29, 0.717) is 16.5 Å². The molecule has 2 aromatic carbocycles. The third-order valence-electron chi connectivity index (χ3n) is 3.07. The number of benzene rings is 2. The van der Waals surface area contributed by atoms with Crippen molar-refractivity contribution in [2.45, 2.75) is 18.8 Å². The Bertz CT molecular complexity index is 596. The third-order valence-corrected chi connectivity index (χ3v) is 3.61. The molecule has 0 aromatic heterocycles. The number of nitrogens with one attached hydrogen (secondary N) is 1. The van der Waals surface area contributed by atoms with Crippen LogP contribution in [0, 0.1) is 0 Å². The second-order valence-corrected chi connectivity index (χ2v) is 5.28. The zero-order valence-electron chi connectivity index (χ0n) is 11.1. The van der Waals surface area contributed by atoms with Crippen LogP contribution >= 0.6 is 23.2 Å². The van der Waals surface area contributed by atoms with E-state index >= 15 is 0 Å². The molecule has 0 saturated heterocycles. The number of alkyl halides is 1. The zero-order chi connectivity index (χ0) is 14.5. The summed E-state index contributed by atoms with van der Waals surface area (Å²) in [5, 5.41) is 3.61. The molecule has 0 aliphatic carbocycles. The van der Waals surface area contributed by atoms with Crippen LogP contribution in [0.1, 0.15) is 34.5 Å². The van der Waals surface area contributed by atoms with E-state index in [9.17, 15) is 4.79 Å². The minimum absolute atomic E-state index is 0.103. The molecule has 0 radical (unpaired) electrons. The number of carbonyl (C=O) groups excluding carboxylic acids is 1. The largest absolute Gasteiger partial charge is 0.346 e. The van der Waals surface area contributed by atoms with Gasteiger partial charge in [-0.25, -0.2) is 0 Å². The van der Waals surface area contributed by atoms with Gasteiger partial charge in [-0.15, -0.1) is 11.6 Å². The Morgan fingerprint density at radius 1 is 1.20 bits per heavy atom. The van der Waals surface area contributed by atoms with Crippen LogP contribution in [0.2, 0.25) is 5.02 Å². The van der Waals surface area contributed by atoms with Crippen LogP contribution in [-0.4, -0.2) is 5.91 Å². The predicted molar refractivity (Wildman–Crippen MR) is 83.3 cm³/mol. The Balaban J connectivity index is 2.06. The highest BCUT2D eigenvalue weighted by Gasteiger charge is 2.11. The Morgan fingerprint density at radius 3 is 2.50 bits per heavy atom. The van der Waals surface area contributed by atoms with Crippen LogP contribution in [-0.2, 0) is 5.88 Å². The van der Waals surface area contributed by atoms with Gasteiger partial charge in [0, 0.05) is 16.5 Å². The summed E-state index contributed by atoms with van der Waals surface area (Å²) in [6.45, 7) is 1.93. The topological polar surface area (TPSA) is 29.1 Å². The molecule has 20 heavy (non-hydrogen) atoms. The van der Waals surface area contributed by atoms with Crippen molar-refractivity contribution in [1.29, 1.82) is 0 Å². The molecule has 0 bridgehead atoms. The van der Waals surface area contributed by atoms with Crippen molar-refractivity contribution in [1.82, 2.24) is 5.32 Å². The molecule has 0 unspecified atom stereocenters. The summed E-state index contributed by atoms with van der Waals surface area (Å²) < 4.78 is 0. The van der Waals surface area contributed by atoms with Crippen molar-refractivity contribution in [2.24, 2.45) is 0 Å². The molecular weight excluding hydrogens is 293 g/mol. The second-order valence-electron chi connectivity index (χ2n) is 4.58. The molecule has 0 spiro atoms. The Labute approximate surface area is 128 Å². The molecule has 2 aromatic rings. The monoisotopic (exact) mass is 307 g/mol. The highest BCUT2D eigenvalue weighted by atomic mass is 35.5. The van der Waals surface area contributed by atoms with Gasteiger partial charge in [0.2, 0.25) is 0 Å². The molecule has 2 nitrogen and oxygen atoms in total. The summed E-state index contributed by atoms with van der Waals surface area (Å²) in [6.07, 6.45) is 0. The maximum absolute atomic E-state index is 12.1. The lowest BCUT2D eigenvalue weighted by Gasteiger charge is -2.14. The zero-order valence-corrected chi connectivity index (χ0v) is 12.6. The van der Waals surface area contributed by atoms with Gasteiger partial charge in [-0.05, 0) is 42.3 Å². The van der Waals surface area contributed by atoms with E-state index in [-0.39, 0.29) is 11.9 Å². The summed E-state index contributed by atoms with van der Waals surface area (Å²) in [7, 11) is 0. The van der Waals surface area contributed by atoms with E-state index in [4.69, 9.17) is 23.2 Å². The van der Waals surface area contributed by atoms with Crippen molar-refractivity contribution < 1.29 is 4.79 Å². The lowest BCUT2D eigenvalue weighted by atomic mass is 10.1. The van der Waals surface area contributed by atoms with Gasteiger partial charge in [0.05, 0.1) is 6.04 Å². The fourth-order valence-corrected chi connectivity index (χ4v) is 2.26. The van der Waals surface area contributed by atoms with Gasteiger partial charge in [0.25, 0.3) is 5.91 Å². The van der Waals surface area contributed by atoms with Gasteiger partial charge in [0.15, 0.2) is 0 Å². The van der Waals surface area contributed by atoms with Crippen LogP contribution < -0.4 is 5.32 Å². The molecule has 2 rings (SSSR count). The maximum Gasteiger partial charge on any atom is 0.251 e. The fraction of sp³-hybridized carbons (Fsp3) is 0.188. The summed E-state index contributed by atoms with van der Waals surface area (Å²) in [5.74, 6) is 0.333. The molecular formula is C16H15Cl2NO. The molecule has 0 saturated carbocycles. The number of carbonyl (C=O) groups is 1. The number of amides is 1. The first-order valence-corrected chi connectivity index (χ1v) is 7.22. The van der Waals surface area contributed by atoms with E-state index in [2.05, 4.69) is 5.32 Å². The number of halogens is 2. The van der Waals surface area contributed by atoms with E-state index in [1.807, 2.05) is 43.3 Å². The van der Waals surface area contributed by atoms with Crippen molar-refractivity contribution in [2.75, 3.05) is 0 Å². The molecule has 1 atom stereocenters. The fourth-order valence-electron chi connectivity index (χ4n) is 1.88. The average molecular weight is 308 g/mol. The lowest BCUT2D eigenvalue weighted by Crippen LogP contribution is -2.26. The summed E-state index contributed by atoms with van der Waals surface area (Å²) >= 11 is 11.7. The standard InChI is InChI=1S/C16H15Cl2NO/c1-11(14-3-2-4-15(18)9-14)19-16(20)13-7-5-12(10-17)6-8-13/h2-9,11H,10H2,1H3,(H,19,20)/t11-/m1/s1. The van der Waals surface area contributed by atoms with Crippen LogP contribution in [0.4, 0.5) is 0 Å².